The number of esters is 1. The van der Waals surface area contributed by atoms with Crippen LogP contribution in [-0.4, -0.2) is 24.1 Å². The number of ether oxygens (including phenoxy) is 1. The summed E-state index contributed by atoms with van der Waals surface area (Å²) in [4.78, 5) is 22.9. The van der Waals surface area contributed by atoms with Crippen molar-refractivity contribution in [1.29, 1.82) is 0 Å². The fourth-order valence-electron chi connectivity index (χ4n) is 1.69. The molecule has 0 aromatic carbocycles. The molecule has 0 bridgehead atoms. The smallest absolute Gasteiger partial charge is 0.338 e. The molecule has 0 unspecified atom stereocenters. The highest BCUT2D eigenvalue weighted by Gasteiger charge is 2.36. The zero-order valence-electron chi connectivity index (χ0n) is 9.43. The normalized spacial score (nSPS) is 19.3. The van der Waals surface area contributed by atoms with E-state index in [1.807, 2.05) is 0 Å². The van der Waals surface area contributed by atoms with E-state index in [9.17, 15) is 9.59 Å². The lowest BCUT2D eigenvalue weighted by atomic mass is 9.91. The van der Waals surface area contributed by atoms with Gasteiger partial charge in [0, 0.05) is 5.70 Å². The van der Waals surface area contributed by atoms with E-state index >= 15 is 0 Å². The van der Waals surface area contributed by atoms with E-state index in [0.29, 0.717) is 17.9 Å². The molecule has 0 atom stereocenters. The van der Waals surface area contributed by atoms with Gasteiger partial charge >= 0.3 is 12.0 Å². The highest BCUT2D eigenvalue weighted by atomic mass is 16.5. The molecule has 2 amide bonds. The van der Waals surface area contributed by atoms with Crippen molar-refractivity contribution in [2.45, 2.75) is 33.2 Å². The molecule has 5 heteroatoms. The predicted molar refractivity (Wildman–Crippen MR) is 55.1 cm³/mol. The van der Waals surface area contributed by atoms with Crippen molar-refractivity contribution in [3.63, 3.8) is 0 Å². The Morgan fingerprint density at radius 2 is 2.07 bits per heavy atom. The summed E-state index contributed by atoms with van der Waals surface area (Å²) in [7, 11) is 0. The van der Waals surface area contributed by atoms with Crippen molar-refractivity contribution >= 4 is 12.0 Å². The van der Waals surface area contributed by atoms with Gasteiger partial charge in [0.25, 0.3) is 0 Å². The van der Waals surface area contributed by atoms with E-state index < -0.39 is 11.5 Å². The molecule has 5 nitrogen and oxygen atoms in total. The topological polar surface area (TPSA) is 67.4 Å². The maximum Gasteiger partial charge on any atom is 0.338 e. The summed E-state index contributed by atoms with van der Waals surface area (Å²) in [5.74, 6) is -0.396. The second kappa shape index (κ2) is 3.92. The maximum absolute atomic E-state index is 11.7. The van der Waals surface area contributed by atoms with Gasteiger partial charge in [-0.15, -0.1) is 0 Å². The Bertz CT molecular complexity index is 332. The molecule has 0 spiro atoms. The van der Waals surface area contributed by atoms with Gasteiger partial charge in [-0.1, -0.05) is 0 Å². The summed E-state index contributed by atoms with van der Waals surface area (Å²) in [5, 5.41) is 5.22. The number of allylic oxidation sites excluding steroid dienone is 1. The van der Waals surface area contributed by atoms with Crippen LogP contribution in [0, 0.1) is 0 Å². The third-order valence-corrected chi connectivity index (χ3v) is 2.21. The Morgan fingerprint density at radius 1 is 1.47 bits per heavy atom. The van der Waals surface area contributed by atoms with Gasteiger partial charge in [0.1, 0.15) is 0 Å². The summed E-state index contributed by atoms with van der Waals surface area (Å²) in [6.45, 7) is 7.28. The van der Waals surface area contributed by atoms with Crippen molar-refractivity contribution in [2.75, 3.05) is 6.61 Å². The van der Waals surface area contributed by atoms with E-state index in [-0.39, 0.29) is 6.03 Å². The molecule has 0 aliphatic carbocycles. The average Bonchev–Trinajstić information content (AvgIpc) is 1.99. The summed E-state index contributed by atoms with van der Waals surface area (Å²) in [5.41, 5.74) is 0.310. The Balaban J connectivity index is 3.06. The number of nitrogens with one attached hydrogen (secondary N) is 2. The molecule has 0 fully saturated rings. The fourth-order valence-corrected chi connectivity index (χ4v) is 1.69. The van der Waals surface area contributed by atoms with E-state index in [4.69, 9.17) is 4.74 Å². The lowest BCUT2D eigenvalue weighted by Gasteiger charge is -2.33. The van der Waals surface area contributed by atoms with Crippen LogP contribution in [0.3, 0.4) is 0 Å². The minimum atomic E-state index is -0.696. The van der Waals surface area contributed by atoms with Crippen LogP contribution in [-0.2, 0) is 9.53 Å². The molecule has 0 saturated heterocycles. The third-order valence-electron chi connectivity index (χ3n) is 2.21. The Hall–Kier alpha value is -1.52. The van der Waals surface area contributed by atoms with Gasteiger partial charge < -0.3 is 15.4 Å². The molecule has 1 heterocycles. The number of hydrogen-bond acceptors (Lipinski definition) is 3. The van der Waals surface area contributed by atoms with E-state index in [2.05, 4.69) is 10.6 Å². The van der Waals surface area contributed by atoms with Crippen molar-refractivity contribution in [2.24, 2.45) is 0 Å². The summed E-state index contributed by atoms with van der Waals surface area (Å²) >= 11 is 0. The molecule has 1 aliphatic heterocycles. The molecule has 2 N–H and O–H groups in total. The fraction of sp³-hybridized carbons (Fsp3) is 0.600. The standard InChI is InChI=1S/C10H16N2O3/c1-5-15-8(13)7-6(2)11-9(14)12-10(7,3)4/h5H2,1-4H3,(H2,11,12,14). The van der Waals surface area contributed by atoms with Gasteiger partial charge in [0.05, 0.1) is 17.7 Å². The predicted octanol–water partition coefficient (Wildman–Crippen LogP) is 0.915. The molecule has 1 aliphatic rings. The summed E-state index contributed by atoms with van der Waals surface area (Å²) in [6.07, 6.45) is 0. The average molecular weight is 212 g/mol. The highest BCUT2D eigenvalue weighted by molar-refractivity contribution is 5.95. The lowest BCUT2D eigenvalue weighted by molar-refractivity contribution is -0.139. The van der Waals surface area contributed by atoms with Crippen LogP contribution in [0.25, 0.3) is 0 Å². The number of rotatable bonds is 2. The van der Waals surface area contributed by atoms with Crippen LogP contribution in [0.2, 0.25) is 0 Å². The van der Waals surface area contributed by atoms with Gasteiger partial charge in [-0.3, -0.25) is 0 Å². The molecule has 0 aromatic heterocycles. The first-order valence-electron chi connectivity index (χ1n) is 4.86. The molecular weight excluding hydrogens is 196 g/mol. The summed E-state index contributed by atoms with van der Waals surface area (Å²) in [6, 6.07) is -0.300. The monoisotopic (exact) mass is 212 g/mol. The SMILES string of the molecule is CCOC(=O)C1=C(C)NC(=O)NC1(C)C. The largest absolute Gasteiger partial charge is 0.463 e. The molecule has 84 valence electrons. The van der Waals surface area contributed by atoms with Crippen LogP contribution < -0.4 is 10.6 Å². The van der Waals surface area contributed by atoms with Gasteiger partial charge in [0.2, 0.25) is 0 Å². The van der Waals surface area contributed by atoms with Crippen LogP contribution in [0.5, 0.6) is 0 Å². The van der Waals surface area contributed by atoms with Crippen molar-refractivity contribution in [3.05, 3.63) is 11.3 Å². The molecule has 0 radical (unpaired) electrons. The first kappa shape index (κ1) is 11.6. The van der Waals surface area contributed by atoms with Crippen LogP contribution in [0.1, 0.15) is 27.7 Å². The van der Waals surface area contributed by atoms with E-state index in [1.54, 1.807) is 27.7 Å². The zero-order chi connectivity index (χ0) is 11.6. The minimum Gasteiger partial charge on any atom is -0.463 e. The number of carbonyl (C=O) groups is 2. The number of urea groups is 1. The van der Waals surface area contributed by atoms with Crippen molar-refractivity contribution < 1.29 is 14.3 Å². The van der Waals surface area contributed by atoms with Crippen LogP contribution >= 0.6 is 0 Å². The van der Waals surface area contributed by atoms with Crippen molar-refractivity contribution in [1.82, 2.24) is 10.6 Å². The van der Waals surface area contributed by atoms with Gasteiger partial charge in [0.15, 0.2) is 0 Å². The molecule has 0 saturated carbocycles. The molecule has 15 heavy (non-hydrogen) atoms. The molecular formula is C10H16N2O3. The first-order chi connectivity index (χ1) is 6.88. The van der Waals surface area contributed by atoms with Gasteiger partial charge in [-0.05, 0) is 27.7 Å². The molecule has 1 rings (SSSR count). The molecule has 0 aromatic rings. The zero-order valence-corrected chi connectivity index (χ0v) is 9.43. The second-order valence-electron chi connectivity index (χ2n) is 3.92. The number of hydrogen-bond donors (Lipinski definition) is 2. The first-order valence-corrected chi connectivity index (χ1v) is 4.86. The Kier molecular flexibility index (Phi) is 3.02. The quantitative estimate of drug-likeness (QED) is 0.669. The van der Waals surface area contributed by atoms with Crippen LogP contribution in [0.4, 0.5) is 4.79 Å². The minimum absolute atomic E-state index is 0.300. The second-order valence-corrected chi connectivity index (χ2v) is 3.92. The van der Waals surface area contributed by atoms with E-state index in [1.165, 1.54) is 0 Å². The Morgan fingerprint density at radius 3 is 2.53 bits per heavy atom. The van der Waals surface area contributed by atoms with Crippen molar-refractivity contribution in [3.8, 4) is 0 Å². The lowest BCUT2D eigenvalue weighted by Crippen LogP contribution is -2.56. The summed E-state index contributed by atoms with van der Waals surface area (Å²) < 4.78 is 4.93. The van der Waals surface area contributed by atoms with Gasteiger partial charge in [-0.25, -0.2) is 9.59 Å². The van der Waals surface area contributed by atoms with Gasteiger partial charge in [-0.2, -0.15) is 0 Å². The maximum atomic E-state index is 11.7. The number of amides is 2. The highest BCUT2D eigenvalue weighted by Crippen LogP contribution is 2.23. The van der Waals surface area contributed by atoms with Crippen LogP contribution in [0.15, 0.2) is 11.3 Å². The Labute approximate surface area is 88.9 Å². The van der Waals surface area contributed by atoms with E-state index in [0.717, 1.165) is 0 Å². The number of carbonyl (C=O) groups excluding carboxylic acids is 2. The third kappa shape index (κ3) is 2.29.